The predicted octanol–water partition coefficient (Wildman–Crippen LogP) is 3.09. The number of halogens is 1. The van der Waals surface area contributed by atoms with Gasteiger partial charge in [-0.3, -0.25) is 0 Å². The standard InChI is InChI=1S/C16H26BrN3/c1-4-19-7-9-20(10-8-19)16-11-15(17)6-5-14(16)12-18-13(2)3/h5-6,11,13,18H,4,7-10,12H2,1-3H3. The quantitative estimate of drug-likeness (QED) is 0.889. The molecule has 0 aromatic heterocycles. The van der Waals surface area contributed by atoms with Crippen LogP contribution in [0.1, 0.15) is 26.3 Å². The molecule has 1 saturated heterocycles. The van der Waals surface area contributed by atoms with Gasteiger partial charge in [0.1, 0.15) is 0 Å². The Balaban J connectivity index is 2.10. The van der Waals surface area contributed by atoms with Gasteiger partial charge in [0.2, 0.25) is 0 Å². The van der Waals surface area contributed by atoms with Crippen molar-refractivity contribution in [2.45, 2.75) is 33.4 Å². The first kappa shape index (κ1) is 15.8. The molecule has 1 aliphatic heterocycles. The summed E-state index contributed by atoms with van der Waals surface area (Å²) < 4.78 is 1.17. The topological polar surface area (TPSA) is 18.5 Å². The van der Waals surface area contributed by atoms with Gasteiger partial charge in [-0.1, -0.05) is 42.8 Å². The molecule has 3 nitrogen and oxygen atoms in total. The summed E-state index contributed by atoms with van der Waals surface area (Å²) in [4.78, 5) is 5.04. The van der Waals surface area contributed by atoms with Gasteiger partial charge in [0.15, 0.2) is 0 Å². The van der Waals surface area contributed by atoms with Crippen molar-refractivity contribution in [1.29, 1.82) is 0 Å². The molecule has 1 aliphatic rings. The molecule has 0 atom stereocenters. The number of anilines is 1. The van der Waals surface area contributed by atoms with E-state index in [1.54, 1.807) is 0 Å². The van der Waals surface area contributed by atoms with Gasteiger partial charge in [-0.05, 0) is 24.2 Å². The van der Waals surface area contributed by atoms with E-state index in [0.29, 0.717) is 6.04 Å². The molecule has 112 valence electrons. The number of rotatable bonds is 5. The van der Waals surface area contributed by atoms with Crippen LogP contribution >= 0.6 is 15.9 Å². The van der Waals surface area contributed by atoms with E-state index in [1.165, 1.54) is 28.8 Å². The van der Waals surface area contributed by atoms with E-state index >= 15 is 0 Å². The lowest BCUT2D eigenvalue weighted by Gasteiger charge is -2.36. The molecule has 4 heteroatoms. The summed E-state index contributed by atoms with van der Waals surface area (Å²) in [6, 6.07) is 7.16. The van der Waals surface area contributed by atoms with E-state index in [2.05, 4.69) is 70.0 Å². The highest BCUT2D eigenvalue weighted by atomic mass is 79.9. The Morgan fingerprint density at radius 3 is 2.50 bits per heavy atom. The molecule has 0 aliphatic carbocycles. The number of nitrogens with one attached hydrogen (secondary N) is 1. The predicted molar refractivity (Wildman–Crippen MR) is 90.4 cm³/mol. The number of hydrogen-bond acceptors (Lipinski definition) is 3. The van der Waals surface area contributed by atoms with Crippen LogP contribution in [0.2, 0.25) is 0 Å². The molecule has 0 spiro atoms. The minimum Gasteiger partial charge on any atom is -0.369 e. The first-order valence-corrected chi connectivity index (χ1v) is 8.38. The van der Waals surface area contributed by atoms with Crippen LogP contribution < -0.4 is 10.2 Å². The highest BCUT2D eigenvalue weighted by Gasteiger charge is 2.18. The van der Waals surface area contributed by atoms with Gasteiger partial charge in [0.25, 0.3) is 0 Å². The van der Waals surface area contributed by atoms with Crippen LogP contribution in [0, 0.1) is 0 Å². The highest BCUT2D eigenvalue weighted by Crippen LogP contribution is 2.26. The van der Waals surface area contributed by atoms with Crippen LogP contribution in [0.15, 0.2) is 22.7 Å². The van der Waals surface area contributed by atoms with Gasteiger partial charge >= 0.3 is 0 Å². The fourth-order valence-electron chi connectivity index (χ4n) is 2.60. The van der Waals surface area contributed by atoms with Crippen LogP contribution in [-0.2, 0) is 6.54 Å². The molecule has 0 unspecified atom stereocenters. The minimum atomic E-state index is 0.517. The van der Waals surface area contributed by atoms with E-state index in [-0.39, 0.29) is 0 Å². The number of benzene rings is 1. The average Bonchev–Trinajstić information content (AvgIpc) is 2.46. The van der Waals surface area contributed by atoms with Crippen molar-refractivity contribution in [3.63, 3.8) is 0 Å². The van der Waals surface area contributed by atoms with Gasteiger partial charge in [-0.15, -0.1) is 0 Å². The summed E-state index contributed by atoms with van der Waals surface area (Å²) in [6.45, 7) is 13.3. The van der Waals surface area contributed by atoms with E-state index in [1.807, 2.05) is 0 Å². The number of nitrogens with zero attached hydrogens (tertiary/aromatic N) is 2. The Hall–Kier alpha value is -0.580. The van der Waals surface area contributed by atoms with Crippen LogP contribution in [0.5, 0.6) is 0 Å². The van der Waals surface area contributed by atoms with Crippen LogP contribution in [0.25, 0.3) is 0 Å². The molecular weight excluding hydrogens is 314 g/mol. The lowest BCUT2D eigenvalue weighted by Crippen LogP contribution is -2.46. The second-order valence-corrected chi connectivity index (χ2v) is 6.65. The Labute approximate surface area is 131 Å². The van der Waals surface area contributed by atoms with Crippen molar-refractivity contribution >= 4 is 21.6 Å². The van der Waals surface area contributed by atoms with Crippen LogP contribution in [0.3, 0.4) is 0 Å². The average molecular weight is 340 g/mol. The first-order valence-electron chi connectivity index (χ1n) is 7.59. The molecular formula is C16H26BrN3. The summed E-state index contributed by atoms with van der Waals surface area (Å²) in [5.41, 5.74) is 2.77. The summed E-state index contributed by atoms with van der Waals surface area (Å²) in [6.07, 6.45) is 0. The zero-order valence-electron chi connectivity index (χ0n) is 12.8. The maximum Gasteiger partial charge on any atom is 0.0424 e. The third kappa shape index (κ3) is 4.21. The highest BCUT2D eigenvalue weighted by molar-refractivity contribution is 9.10. The van der Waals surface area contributed by atoms with Crippen molar-refractivity contribution in [2.24, 2.45) is 0 Å². The smallest absolute Gasteiger partial charge is 0.0424 e. The maximum atomic E-state index is 3.61. The molecule has 0 radical (unpaired) electrons. The zero-order valence-corrected chi connectivity index (χ0v) is 14.4. The monoisotopic (exact) mass is 339 g/mol. The molecule has 1 aromatic rings. The second-order valence-electron chi connectivity index (χ2n) is 5.73. The van der Waals surface area contributed by atoms with Gasteiger partial charge < -0.3 is 15.1 Å². The van der Waals surface area contributed by atoms with Gasteiger partial charge in [0.05, 0.1) is 0 Å². The van der Waals surface area contributed by atoms with E-state index in [0.717, 1.165) is 26.2 Å². The minimum absolute atomic E-state index is 0.517. The molecule has 1 N–H and O–H groups in total. The molecule has 0 bridgehead atoms. The SMILES string of the molecule is CCN1CCN(c2cc(Br)ccc2CNC(C)C)CC1. The Morgan fingerprint density at radius 2 is 1.90 bits per heavy atom. The van der Waals surface area contributed by atoms with E-state index in [9.17, 15) is 0 Å². The fourth-order valence-corrected chi connectivity index (χ4v) is 2.95. The lowest BCUT2D eigenvalue weighted by atomic mass is 10.1. The van der Waals surface area contributed by atoms with Gasteiger partial charge in [-0.25, -0.2) is 0 Å². The lowest BCUT2D eigenvalue weighted by molar-refractivity contribution is 0.271. The molecule has 1 aromatic carbocycles. The van der Waals surface area contributed by atoms with Crippen molar-refractivity contribution in [3.05, 3.63) is 28.2 Å². The van der Waals surface area contributed by atoms with Crippen molar-refractivity contribution in [3.8, 4) is 0 Å². The third-order valence-corrected chi connectivity index (χ3v) is 4.40. The molecule has 0 saturated carbocycles. The normalized spacial score (nSPS) is 16.9. The first-order chi connectivity index (χ1) is 9.60. The van der Waals surface area contributed by atoms with Crippen LogP contribution in [0.4, 0.5) is 5.69 Å². The Bertz CT molecular complexity index is 426. The van der Waals surface area contributed by atoms with Crippen molar-refractivity contribution in [2.75, 3.05) is 37.6 Å². The zero-order chi connectivity index (χ0) is 14.5. The van der Waals surface area contributed by atoms with Gasteiger partial charge in [-0.2, -0.15) is 0 Å². The fraction of sp³-hybridized carbons (Fsp3) is 0.625. The summed E-state index contributed by atoms with van der Waals surface area (Å²) in [5.74, 6) is 0. The Kier molecular flexibility index (Phi) is 5.87. The molecule has 1 fully saturated rings. The second kappa shape index (κ2) is 7.43. The summed E-state index contributed by atoms with van der Waals surface area (Å²) in [7, 11) is 0. The molecule has 20 heavy (non-hydrogen) atoms. The van der Waals surface area contributed by atoms with Crippen molar-refractivity contribution < 1.29 is 0 Å². The van der Waals surface area contributed by atoms with Crippen LogP contribution in [-0.4, -0.2) is 43.7 Å². The molecule has 1 heterocycles. The molecule has 0 amide bonds. The van der Waals surface area contributed by atoms with Gasteiger partial charge in [0, 0.05) is 48.9 Å². The largest absolute Gasteiger partial charge is 0.369 e. The number of likely N-dealkylation sites (N-methyl/N-ethyl adjacent to an activating group) is 1. The van der Waals surface area contributed by atoms with E-state index in [4.69, 9.17) is 0 Å². The van der Waals surface area contributed by atoms with Crippen molar-refractivity contribution in [1.82, 2.24) is 10.2 Å². The maximum absolute atomic E-state index is 3.61. The summed E-state index contributed by atoms with van der Waals surface area (Å²) in [5, 5.41) is 3.53. The number of hydrogen-bond donors (Lipinski definition) is 1. The summed E-state index contributed by atoms with van der Waals surface area (Å²) >= 11 is 3.61. The number of piperazine rings is 1. The third-order valence-electron chi connectivity index (χ3n) is 3.91. The van der Waals surface area contributed by atoms with E-state index < -0.39 is 0 Å². The Morgan fingerprint density at radius 1 is 1.20 bits per heavy atom. The molecule has 2 rings (SSSR count).